The molecule has 0 aliphatic carbocycles. The molecule has 5 heteroatoms. The molecule has 0 bridgehead atoms. The second-order valence-corrected chi connectivity index (χ2v) is 7.61. The average molecular weight is 349 g/mol. The van der Waals surface area contributed by atoms with Gasteiger partial charge in [-0.25, -0.2) is 12.7 Å². The smallest absolute Gasteiger partial charge is 0.268 e. The highest BCUT2D eigenvalue weighted by Gasteiger charge is 2.45. The summed E-state index contributed by atoms with van der Waals surface area (Å²) in [7, 11) is -3.91. The van der Waals surface area contributed by atoms with Gasteiger partial charge in [0, 0.05) is 0 Å². The number of amides is 1. The van der Waals surface area contributed by atoms with Crippen LogP contribution in [0.3, 0.4) is 0 Å². The molecule has 124 valence electrons. The lowest BCUT2D eigenvalue weighted by Crippen LogP contribution is -2.34. The maximum Gasteiger partial charge on any atom is 0.269 e. The Kier molecular flexibility index (Phi) is 3.66. The summed E-state index contributed by atoms with van der Waals surface area (Å²) in [5, 5.41) is 0. The van der Waals surface area contributed by atoms with Crippen molar-refractivity contribution in [2.75, 3.05) is 0 Å². The fourth-order valence-corrected chi connectivity index (χ4v) is 4.93. The highest BCUT2D eigenvalue weighted by Crippen LogP contribution is 2.40. The highest BCUT2D eigenvalue weighted by molar-refractivity contribution is 7.90. The summed E-state index contributed by atoms with van der Waals surface area (Å²) in [6, 6.07) is 24.1. The second kappa shape index (κ2) is 5.86. The third-order valence-corrected chi connectivity index (χ3v) is 6.13. The molecule has 4 rings (SSSR count). The van der Waals surface area contributed by atoms with Crippen LogP contribution in [0, 0.1) is 0 Å². The van der Waals surface area contributed by atoms with Gasteiger partial charge >= 0.3 is 0 Å². The van der Waals surface area contributed by atoms with Gasteiger partial charge in [-0.1, -0.05) is 72.8 Å². The minimum atomic E-state index is -3.91. The summed E-state index contributed by atoms with van der Waals surface area (Å²) < 4.78 is 27.2. The standard InChI is InChI=1S/C20H15NO3S/c22-20-17-13-7-8-14-18(17)25(23,24)21(20)19(15-9-3-1-4-10-15)16-11-5-2-6-12-16/h1-14,19H. The fraction of sp³-hybridized carbons (Fsp3) is 0.0500. The van der Waals surface area contributed by atoms with Gasteiger partial charge in [-0.2, -0.15) is 0 Å². The van der Waals surface area contributed by atoms with Gasteiger partial charge in [0.05, 0.1) is 11.6 Å². The lowest BCUT2D eigenvalue weighted by molar-refractivity contribution is 0.0846. The predicted molar refractivity (Wildman–Crippen MR) is 94.5 cm³/mol. The molecule has 3 aromatic rings. The van der Waals surface area contributed by atoms with Crippen molar-refractivity contribution in [1.29, 1.82) is 0 Å². The molecule has 0 N–H and O–H groups in total. The Bertz CT molecular complexity index is 991. The highest BCUT2D eigenvalue weighted by atomic mass is 32.2. The molecule has 0 spiro atoms. The summed E-state index contributed by atoms with van der Waals surface area (Å²) in [5.74, 6) is -0.492. The quantitative estimate of drug-likeness (QED) is 0.726. The van der Waals surface area contributed by atoms with Gasteiger partial charge in [0.25, 0.3) is 15.9 Å². The van der Waals surface area contributed by atoms with Crippen molar-refractivity contribution in [2.45, 2.75) is 10.9 Å². The van der Waals surface area contributed by atoms with E-state index in [2.05, 4.69) is 0 Å². The first-order valence-electron chi connectivity index (χ1n) is 7.88. The van der Waals surface area contributed by atoms with Gasteiger partial charge < -0.3 is 0 Å². The van der Waals surface area contributed by atoms with Crippen LogP contribution in [0.2, 0.25) is 0 Å². The van der Waals surface area contributed by atoms with Gasteiger partial charge in [0.1, 0.15) is 4.90 Å². The van der Waals surface area contributed by atoms with Gasteiger partial charge in [-0.05, 0) is 23.3 Å². The van der Waals surface area contributed by atoms with E-state index in [0.717, 1.165) is 15.4 Å². The number of rotatable bonds is 3. The van der Waals surface area contributed by atoms with E-state index in [-0.39, 0.29) is 10.5 Å². The molecule has 1 amide bonds. The van der Waals surface area contributed by atoms with Gasteiger partial charge in [0.2, 0.25) is 0 Å². The Labute approximate surface area is 146 Å². The van der Waals surface area contributed by atoms with Crippen LogP contribution in [0.5, 0.6) is 0 Å². The van der Waals surface area contributed by atoms with Crippen molar-refractivity contribution in [3.8, 4) is 0 Å². The van der Waals surface area contributed by atoms with E-state index in [1.54, 1.807) is 18.2 Å². The molecular formula is C20H15NO3S. The van der Waals surface area contributed by atoms with E-state index in [0.29, 0.717) is 0 Å². The number of benzene rings is 3. The normalized spacial score (nSPS) is 15.4. The van der Waals surface area contributed by atoms with Gasteiger partial charge in [-0.15, -0.1) is 0 Å². The molecule has 0 atom stereocenters. The number of fused-ring (bicyclic) bond motifs is 1. The van der Waals surface area contributed by atoms with Crippen molar-refractivity contribution in [3.63, 3.8) is 0 Å². The fourth-order valence-electron chi connectivity index (χ4n) is 3.19. The molecule has 3 aromatic carbocycles. The maximum absolute atomic E-state index is 13.1. The van der Waals surface area contributed by atoms with Crippen LogP contribution in [-0.2, 0) is 10.0 Å². The van der Waals surface area contributed by atoms with Crippen LogP contribution in [0.15, 0.2) is 89.8 Å². The zero-order valence-electron chi connectivity index (χ0n) is 13.2. The summed E-state index contributed by atoms with van der Waals surface area (Å²) in [6.07, 6.45) is 0. The van der Waals surface area contributed by atoms with Gasteiger partial charge in [-0.3, -0.25) is 4.79 Å². The van der Waals surface area contributed by atoms with E-state index < -0.39 is 22.0 Å². The molecule has 25 heavy (non-hydrogen) atoms. The Morgan fingerprint density at radius 3 is 1.68 bits per heavy atom. The van der Waals surface area contributed by atoms with Crippen LogP contribution in [0.4, 0.5) is 0 Å². The van der Waals surface area contributed by atoms with Crippen molar-refractivity contribution < 1.29 is 13.2 Å². The first-order valence-corrected chi connectivity index (χ1v) is 9.32. The number of carbonyl (C=O) groups excluding carboxylic acids is 1. The lowest BCUT2D eigenvalue weighted by Gasteiger charge is -2.27. The maximum atomic E-state index is 13.1. The van der Waals surface area contributed by atoms with Crippen molar-refractivity contribution >= 4 is 15.9 Å². The summed E-state index contributed by atoms with van der Waals surface area (Å²) >= 11 is 0. The number of nitrogens with zero attached hydrogens (tertiary/aromatic N) is 1. The predicted octanol–water partition coefficient (Wildman–Crippen LogP) is 3.62. The second-order valence-electron chi connectivity index (χ2n) is 5.83. The zero-order chi connectivity index (χ0) is 17.4. The summed E-state index contributed by atoms with van der Waals surface area (Å²) in [4.78, 5) is 13.0. The monoisotopic (exact) mass is 349 g/mol. The first-order chi connectivity index (χ1) is 12.1. The average Bonchev–Trinajstić information content (AvgIpc) is 2.85. The molecule has 1 aliphatic heterocycles. The third-order valence-electron chi connectivity index (χ3n) is 4.32. The SMILES string of the molecule is O=C1c2ccccc2S(=O)(=O)N1C(c1ccccc1)c1ccccc1. The Balaban J connectivity index is 1.94. The minimum absolute atomic E-state index is 0.0665. The number of sulfonamides is 1. The molecule has 4 nitrogen and oxygen atoms in total. The first kappa shape index (κ1) is 15.6. The summed E-state index contributed by atoms with van der Waals surface area (Å²) in [5.41, 5.74) is 1.72. The van der Waals surface area contributed by atoms with Crippen LogP contribution >= 0.6 is 0 Å². The van der Waals surface area contributed by atoms with Crippen LogP contribution < -0.4 is 0 Å². The van der Waals surface area contributed by atoms with E-state index in [1.165, 1.54) is 6.07 Å². The molecule has 0 fully saturated rings. The van der Waals surface area contributed by atoms with Crippen LogP contribution in [0.1, 0.15) is 27.5 Å². The van der Waals surface area contributed by atoms with E-state index in [9.17, 15) is 13.2 Å². The lowest BCUT2D eigenvalue weighted by atomic mass is 9.98. The minimum Gasteiger partial charge on any atom is -0.268 e. The molecule has 0 unspecified atom stereocenters. The topological polar surface area (TPSA) is 54.5 Å². The summed E-state index contributed by atoms with van der Waals surface area (Å²) in [6.45, 7) is 0. The molecule has 0 aromatic heterocycles. The van der Waals surface area contributed by atoms with Crippen molar-refractivity contribution in [2.24, 2.45) is 0 Å². The molecule has 1 heterocycles. The Morgan fingerprint density at radius 2 is 1.16 bits per heavy atom. The number of carbonyl (C=O) groups is 1. The van der Waals surface area contributed by atoms with E-state index >= 15 is 0 Å². The molecule has 1 aliphatic rings. The molecule has 0 radical (unpaired) electrons. The third kappa shape index (κ3) is 2.44. The molecular weight excluding hydrogens is 334 g/mol. The van der Waals surface area contributed by atoms with Crippen LogP contribution in [-0.4, -0.2) is 18.6 Å². The number of hydrogen-bond acceptors (Lipinski definition) is 3. The Morgan fingerprint density at radius 1 is 0.680 bits per heavy atom. The largest absolute Gasteiger partial charge is 0.269 e. The van der Waals surface area contributed by atoms with Crippen LogP contribution in [0.25, 0.3) is 0 Å². The Hall–Kier alpha value is -2.92. The van der Waals surface area contributed by atoms with Gasteiger partial charge in [0.15, 0.2) is 0 Å². The molecule has 0 saturated heterocycles. The number of hydrogen-bond donors (Lipinski definition) is 0. The van der Waals surface area contributed by atoms with E-state index in [1.807, 2.05) is 60.7 Å². The zero-order valence-corrected chi connectivity index (χ0v) is 14.1. The molecule has 0 saturated carbocycles. The van der Waals surface area contributed by atoms with Crippen molar-refractivity contribution in [3.05, 3.63) is 102 Å². The van der Waals surface area contributed by atoms with Crippen molar-refractivity contribution in [1.82, 2.24) is 4.31 Å². The van der Waals surface area contributed by atoms with E-state index in [4.69, 9.17) is 0 Å².